The van der Waals surface area contributed by atoms with E-state index in [1.165, 1.54) is 0 Å². The first-order chi connectivity index (χ1) is 7.86. The summed E-state index contributed by atoms with van der Waals surface area (Å²) in [6.45, 7) is 8.55. The second kappa shape index (κ2) is 4.10. The Bertz CT molecular complexity index is 356. The average Bonchev–Trinajstić information content (AvgIpc) is 2.92. The van der Waals surface area contributed by atoms with Gasteiger partial charge in [-0.25, -0.2) is 4.79 Å². The molecule has 0 aromatic rings. The van der Waals surface area contributed by atoms with Crippen LogP contribution in [0.4, 0.5) is 0 Å². The fraction of sp³-hybridized carbons (Fsp3) is 0.769. The van der Waals surface area contributed by atoms with Crippen LogP contribution in [0.2, 0.25) is 0 Å². The van der Waals surface area contributed by atoms with E-state index in [9.17, 15) is 9.90 Å². The van der Waals surface area contributed by atoms with Crippen molar-refractivity contribution in [1.29, 1.82) is 0 Å². The van der Waals surface area contributed by atoms with Crippen molar-refractivity contribution in [2.75, 3.05) is 6.61 Å². The summed E-state index contributed by atoms with van der Waals surface area (Å²) in [5, 5.41) is 10.0. The quantitative estimate of drug-likeness (QED) is 0.579. The van der Waals surface area contributed by atoms with Crippen LogP contribution in [-0.4, -0.2) is 46.3 Å². The van der Waals surface area contributed by atoms with Crippen molar-refractivity contribution in [3.05, 3.63) is 11.6 Å². The van der Waals surface area contributed by atoms with E-state index < -0.39 is 6.10 Å². The predicted octanol–water partition coefficient (Wildman–Crippen LogP) is 1.09. The van der Waals surface area contributed by atoms with E-state index in [1.54, 1.807) is 13.0 Å². The molecule has 1 fully saturated rings. The van der Waals surface area contributed by atoms with Crippen LogP contribution >= 0.6 is 0 Å². The lowest BCUT2D eigenvalue weighted by atomic mass is 9.98. The van der Waals surface area contributed by atoms with Crippen LogP contribution in [0, 0.1) is 0 Å². The van der Waals surface area contributed by atoms with E-state index in [1.807, 2.05) is 0 Å². The third kappa shape index (κ3) is 2.24. The first kappa shape index (κ1) is 12.6. The van der Waals surface area contributed by atoms with Crippen LogP contribution in [0.3, 0.4) is 0 Å². The minimum Gasteiger partial charge on any atom is -0.463 e. The lowest BCUT2D eigenvalue weighted by Crippen LogP contribution is -2.30. The van der Waals surface area contributed by atoms with Crippen molar-refractivity contribution in [3.8, 4) is 0 Å². The van der Waals surface area contributed by atoms with Crippen molar-refractivity contribution < 1.29 is 14.6 Å². The second-order valence-corrected chi connectivity index (χ2v) is 5.74. The van der Waals surface area contributed by atoms with Crippen LogP contribution in [0.15, 0.2) is 11.6 Å². The molecule has 17 heavy (non-hydrogen) atoms. The molecule has 1 unspecified atom stereocenters. The van der Waals surface area contributed by atoms with Crippen LogP contribution in [0.5, 0.6) is 0 Å². The van der Waals surface area contributed by atoms with Crippen molar-refractivity contribution >= 4 is 5.97 Å². The van der Waals surface area contributed by atoms with Crippen molar-refractivity contribution in [2.45, 2.75) is 57.8 Å². The van der Waals surface area contributed by atoms with E-state index in [0.29, 0.717) is 18.6 Å². The van der Waals surface area contributed by atoms with Gasteiger partial charge in [0.05, 0.1) is 18.8 Å². The number of hydrogen-bond donors (Lipinski definition) is 1. The predicted molar refractivity (Wildman–Crippen MR) is 64.5 cm³/mol. The summed E-state index contributed by atoms with van der Waals surface area (Å²) in [5.74, 6) is -0.286. The number of rotatable bonds is 2. The third-order valence-electron chi connectivity index (χ3n) is 3.45. The molecule has 4 atom stereocenters. The summed E-state index contributed by atoms with van der Waals surface area (Å²) in [6, 6.07) is 0.461. The molecule has 96 valence electrons. The molecule has 0 saturated carbocycles. The van der Waals surface area contributed by atoms with Crippen molar-refractivity contribution in [3.63, 3.8) is 0 Å². The number of ether oxygens (including phenoxy) is 1. The van der Waals surface area contributed by atoms with Crippen molar-refractivity contribution in [2.24, 2.45) is 0 Å². The summed E-state index contributed by atoms with van der Waals surface area (Å²) in [6.07, 6.45) is 1.80. The number of nitrogens with zero attached hydrogens (tertiary/aromatic N) is 1. The zero-order chi connectivity index (χ0) is 12.8. The normalized spacial score (nSPS) is 35.9. The largest absolute Gasteiger partial charge is 0.463 e. The van der Waals surface area contributed by atoms with Gasteiger partial charge in [-0.15, -0.1) is 0 Å². The lowest BCUT2D eigenvalue weighted by molar-refractivity contribution is -0.138. The van der Waals surface area contributed by atoms with E-state index in [-0.39, 0.29) is 23.6 Å². The summed E-state index contributed by atoms with van der Waals surface area (Å²) >= 11 is 0. The molecule has 1 heterocycles. The summed E-state index contributed by atoms with van der Waals surface area (Å²) in [7, 11) is 0. The maximum atomic E-state index is 11.6. The monoisotopic (exact) mass is 239 g/mol. The number of aliphatic hydroxyl groups is 1. The Morgan fingerprint density at radius 1 is 1.59 bits per heavy atom. The number of aliphatic hydroxyl groups excluding tert-OH is 1. The van der Waals surface area contributed by atoms with Gasteiger partial charge in [0.2, 0.25) is 0 Å². The fourth-order valence-corrected chi connectivity index (χ4v) is 2.83. The first-order valence-corrected chi connectivity index (χ1v) is 6.20. The molecule has 1 aliphatic heterocycles. The highest BCUT2D eigenvalue weighted by Gasteiger charge is 2.58. The van der Waals surface area contributed by atoms with Gasteiger partial charge in [-0.05, 0) is 40.2 Å². The molecule has 1 aliphatic carbocycles. The molecular formula is C13H21NO3. The summed E-state index contributed by atoms with van der Waals surface area (Å²) in [5.41, 5.74) is 0.654. The van der Waals surface area contributed by atoms with E-state index in [0.717, 1.165) is 0 Å². The molecule has 4 heteroatoms. The van der Waals surface area contributed by atoms with Gasteiger partial charge in [-0.3, -0.25) is 4.90 Å². The molecule has 1 N–H and O–H groups in total. The third-order valence-corrected chi connectivity index (χ3v) is 3.45. The molecule has 1 saturated heterocycles. The summed E-state index contributed by atoms with van der Waals surface area (Å²) < 4.78 is 4.98. The number of carbonyl (C=O) groups excluding carboxylic acids is 1. The highest BCUT2D eigenvalue weighted by atomic mass is 16.5. The fourth-order valence-electron chi connectivity index (χ4n) is 2.83. The molecule has 2 rings (SSSR count). The Kier molecular flexibility index (Phi) is 3.04. The van der Waals surface area contributed by atoms with Crippen LogP contribution in [-0.2, 0) is 9.53 Å². The van der Waals surface area contributed by atoms with Gasteiger partial charge in [0.15, 0.2) is 0 Å². The molecule has 0 radical (unpaired) electrons. The zero-order valence-corrected chi connectivity index (χ0v) is 10.9. The maximum absolute atomic E-state index is 11.6. The van der Waals surface area contributed by atoms with Crippen LogP contribution in [0.1, 0.15) is 34.1 Å². The molecule has 0 bridgehead atoms. The highest BCUT2D eigenvalue weighted by molar-refractivity contribution is 5.89. The SMILES string of the molecule is CCOC(=O)C1=C[C@@H](O)[C@H]2[C@@H](C1)N2C(C)(C)C. The molecule has 0 aromatic carbocycles. The van der Waals surface area contributed by atoms with E-state index in [2.05, 4.69) is 25.7 Å². The minimum atomic E-state index is -0.549. The smallest absolute Gasteiger partial charge is 0.333 e. The minimum absolute atomic E-state index is 0.0360. The second-order valence-electron chi connectivity index (χ2n) is 5.74. The van der Waals surface area contributed by atoms with Crippen LogP contribution in [0.25, 0.3) is 0 Å². The Balaban J connectivity index is 2.07. The summed E-state index contributed by atoms with van der Waals surface area (Å²) in [4.78, 5) is 13.9. The Labute approximate surface area is 102 Å². The van der Waals surface area contributed by atoms with Gasteiger partial charge in [0.25, 0.3) is 0 Å². The molecule has 0 spiro atoms. The average molecular weight is 239 g/mol. The molecule has 0 amide bonds. The van der Waals surface area contributed by atoms with Gasteiger partial charge in [0.1, 0.15) is 0 Å². The van der Waals surface area contributed by atoms with Gasteiger partial charge in [-0.1, -0.05) is 0 Å². The topological polar surface area (TPSA) is 49.5 Å². The van der Waals surface area contributed by atoms with E-state index in [4.69, 9.17) is 4.74 Å². The molecule has 2 aliphatic rings. The zero-order valence-electron chi connectivity index (χ0n) is 10.9. The Hall–Kier alpha value is -0.870. The molecule has 4 nitrogen and oxygen atoms in total. The first-order valence-electron chi connectivity index (χ1n) is 6.20. The Morgan fingerprint density at radius 2 is 2.24 bits per heavy atom. The number of carbonyl (C=O) groups is 1. The number of esters is 1. The van der Waals surface area contributed by atoms with Gasteiger partial charge < -0.3 is 9.84 Å². The Morgan fingerprint density at radius 3 is 2.76 bits per heavy atom. The highest BCUT2D eigenvalue weighted by Crippen LogP contribution is 2.45. The van der Waals surface area contributed by atoms with Crippen molar-refractivity contribution in [1.82, 2.24) is 4.90 Å². The van der Waals surface area contributed by atoms with Gasteiger partial charge in [-0.2, -0.15) is 0 Å². The maximum Gasteiger partial charge on any atom is 0.333 e. The molecular weight excluding hydrogens is 218 g/mol. The lowest BCUT2D eigenvalue weighted by Gasteiger charge is -2.22. The van der Waals surface area contributed by atoms with Gasteiger partial charge >= 0.3 is 5.97 Å². The van der Waals surface area contributed by atoms with Crippen LogP contribution < -0.4 is 0 Å². The number of fused-ring (bicyclic) bond motifs is 1. The van der Waals surface area contributed by atoms with Gasteiger partial charge in [0, 0.05) is 17.2 Å². The number of hydrogen-bond acceptors (Lipinski definition) is 4. The van der Waals surface area contributed by atoms with E-state index >= 15 is 0 Å². The molecule has 0 aromatic heterocycles. The standard InChI is InChI=1S/C13H21NO3/c1-5-17-12(16)8-6-9-11(10(15)7-8)14(9)13(2,3)4/h7,9-11,15H,5-6H2,1-4H3/t9-,10-,11-,14?/m1/s1.